The van der Waals surface area contributed by atoms with Crippen LogP contribution in [-0.4, -0.2) is 48.3 Å². The molecule has 1 N–H and O–H groups in total. The van der Waals surface area contributed by atoms with Crippen molar-refractivity contribution in [3.8, 4) is 22.8 Å². The molecule has 2 heterocycles. The zero-order valence-corrected chi connectivity index (χ0v) is 21.4. The fraction of sp³-hybridized carbons (Fsp3) is 0.360. The number of carbonyl (C=O) groups excluding carboxylic acids is 1. The number of hydrogen-bond donors (Lipinski definition) is 1. The van der Waals surface area contributed by atoms with Gasteiger partial charge < -0.3 is 14.8 Å². The highest BCUT2D eigenvalue weighted by atomic mass is 35.5. The number of aryl methyl sites for hydroxylation is 1. The van der Waals surface area contributed by atoms with E-state index >= 15 is 0 Å². The van der Waals surface area contributed by atoms with Crippen molar-refractivity contribution < 1.29 is 22.7 Å². The Hall–Kier alpha value is -3.04. The first-order valence-corrected chi connectivity index (χ1v) is 13.6. The summed E-state index contributed by atoms with van der Waals surface area (Å²) in [7, 11) is -3.15. The Kier molecular flexibility index (Phi) is 7.37. The number of hydrogen-bond acceptors (Lipinski definition) is 6. The highest BCUT2D eigenvalue weighted by Crippen LogP contribution is 2.32. The monoisotopic (exact) mass is 517 g/mol. The van der Waals surface area contributed by atoms with Crippen molar-refractivity contribution in [2.45, 2.75) is 39.3 Å². The summed E-state index contributed by atoms with van der Waals surface area (Å²) in [6.45, 7) is 5.63. The van der Waals surface area contributed by atoms with Gasteiger partial charge in [0.15, 0.2) is 16.4 Å². The van der Waals surface area contributed by atoms with Gasteiger partial charge in [0.2, 0.25) is 0 Å². The van der Waals surface area contributed by atoms with E-state index in [1.165, 1.54) is 0 Å². The number of benzene rings is 2. The molecule has 1 atom stereocenters. The molecule has 1 amide bonds. The number of carbonyl (C=O) groups is 1. The summed E-state index contributed by atoms with van der Waals surface area (Å²) in [5.41, 5.74) is 2.41. The number of aromatic nitrogens is 2. The van der Waals surface area contributed by atoms with Crippen LogP contribution in [0.3, 0.4) is 0 Å². The van der Waals surface area contributed by atoms with E-state index in [-0.39, 0.29) is 30.3 Å². The summed E-state index contributed by atoms with van der Waals surface area (Å²) in [6.07, 6.45) is 0.487. The van der Waals surface area contributed by atoms with Gasteiger partial charge in [-0.2, -0.15) is 5.10 Å². The highest BCUT2D eigenvalue weighted by Gasteiger charge is 2.32. The van der Waals surface area contributed by atoms with Gasteiger partial charge in [-0.3, -0.25) is 4.79 Å². The van der Waals surface area contributed by atoms with Crippen molar-refractivity contribution >= 4 is 33.2 Å². The number of para-hydroxylation sites is 1. The molecule has 1 aliphatic heterocycles. The van der Waals surface area contributed by atoms with Crippen LogP contribution in [0.2, 0.25) is 5.02 Å². The average molecular weight is 518 g/mol. The van der Waals surface area contributed by atoms with Crippen molar-refractivity contribution in [2.24, 2.45) is 0 Å². The quantitative estimate of drug-likeness (QED) is 0.466. The topological polar surface area (TPSA) is 99.5 Å². The van der Waals surface area contributed by atoms with Crippen LogP contribution in [0.25, 0.3) is 11.3 Å². The highest BCUT2D eigenvalue weighted by molar-refractivity contribution is 7.91. The average Bonchev–Trinajstić information content (AvgIpc) is 3.37. The molecule has 0 bridgehead atoms. The molecule has 10 heteroatoms. The lowest BCUT2D eigenvalue weighted by molar-refractivity contribution is -0.118. The Morgan fingerprint density at radius 1 is 1.20 bits per heavy atom. The molecule has 186 valence electrons. The number of sulfone groups is 1. The third kappa shape index (κ3) is 6.15. The fourth-order valence-corrected chi connectivity index (χ4v) is 5.84. The Labute approximate surface area is 210 Å². The number of nitrogens with zero attached hydrogens (tertiary/aromatic N) is 2. The molecule has 4 rings (SSSR count). The predicted octanol–water partition coefficient (Wildman–Crippen LogP) is 4.68. The van der Waals surface area contributed by atoms with E-state index in [0.717, 1.165) is 16.9 Å². The van der Waals surface area contributed by atoms with Crippen molar-refractivity contribution in [3.05, 3.63) is 59.1 Å². The maximum Gasteiger partial charge on any atom is 0.263 e. The number of amides is 1. The van der Waals surface area contributed by atoms with Crippen molar-refractivity contribution in [2.75, 3.05) is 23.4 Å². The van der Waals surface area contributed by atoms with Gasteiger partial charge in [0.1, 0.15) is 17.3 Å². The summed E-state index contributed by atoms with van der Waals surface area (Å²) in [6, 6.07) is 14.0. The van der Waals surface area contributed by atoms with E-state index < -0.39 is 15.7 Å². The largest absolute Gasteiger partial charge is 0.491 e. The van der Waals surface area contributed by atoms with Crippen LogP contribution in [0, 0.1) is 6.92 Å². The van der Waals surface area contributed by atoms with Crippen LogP contribution in [0.5, 0.6) is 11.5 Å². The molecule has 35 heavy (non-hydrogen) atoms. The van der Waals surface area contributed by atoms with Gasteiger partial charge in [-0.05, 0) is 63.1 Å². The van der Waals surface area contributed by atoms with E-state index in [1.807, 2.05) is 39.0 Å². The maximum atomic E-state index is 12.7. The summed E-state index contributed by atoms with van der Waals surface area (Å²) in [5, 5.41) is 7.91. The molecule has 0 aliphatic carbocycles. The molecular weight excluding hydrogens is 490 g/mol. The summed E-state index contributed by atoms with van der Waals surface area (Å²) in [4.78, 5) is 12.7. The Bertz CT molecular complexity index is 1340. The molecule has 3 aromatic rings. The molecule has 1 aromatic heterocycles. The maximum absolute atomic E-state index is 12.7. The lowest BCUT2D eigenvalue weighted by Gasteiger charge is -2.14. The van der Waals surface area contributed by atoms with E-state index in [9.17, 15) is 13.2 Å². The molecular formula is C25H28ClN3O5S. The number of anilines is 1. The van der Waals surface area contributed by atoms with Gasteiger partial charge in [0.05, 0.1) is 34.4 Å². The summed E-state index contributed by atoms with van der Waals surface area (Å²) in [5.74, 6) is 1.27. The standard InChI is InChI=1S/C25H28ClN3O5S/c1-16(2)34-22-9-8-18(12-17(22)3)21-13-24(29(28-21)19-10-11-35(31,32)15-19)27-25(30)14-33-23-7-5-4-6-20(23)26/h4-9,12-13,16,19H,10-11,14-15H2,1-3H3,(H,27,30)/t19-/m0/s1. The number of halogens is 1. The molecule has 0 saturated carbocycles. The molecule has 2 aromatic carbocycles. The van der Waals surface area contributed by atoms with E-state index in [2.05, 4.69) is 10.4 Å². The molecule has 8 nitrogen and oxygen atoms in total. The van der Waals surface area contributed by atoms with E-state index in [1.54, 1.807) is 35.0 Å². The smallest absolute Gasteiger partial charge is 0.263 e. The molecule has 0 radical (unpaired) electrons. The van der Waals surface area contributed by atoms with Gasteiger partial charge in [0.25, 0.3) is 5.91 Å². The second-order valence-corrected chi connectivity index (χ2v) is 11.5. The van der Waals surface area contributed by atoms with Crippen LogP contribution >= 0.6 is 11.6 Å². The minimum absolute atomic E-state index is 0.0205. The molecule has 1 fully saturated rings. The summed E-state index contributed by atoms with van der Waals surface area (Å²) < 4.78 is 37.2. The van der Waals surface area contributed by atoms with E-state index in [0.29, 0.717) is 28.7 Å². The second-order valence-electron chi connectivity index (χ2n) is 8.83. The second kappa shape index (κ2) is 10.3. The van der Waals surface area contributed by atoms with Crippen molar-refractivity contribution in [1.82, 2.24) is 9.78 Å². The molecule has 1 saturated heterocycles. The Balaban J connectivity index is 1.58. The SMILES string of the molecule is Cc1cc(-c2cc(NC(=O)COc3ccccc3Cl)n([C@H]3CCS(=O)(=O)C3)n2)ccc1OC(C)C. The van der Waals surface area contributed by atoms with Gasteiger partial charge in [0, 0.05) is 11.6 Å². The first kappa shape index (κ1) is 25.1. The third-order valence-corrected chi connectivity index (χ3v) is 7.65. The van der Waals surface area contributed by atoms with Gasteiger partial charge in [-0.25, -0.2) is 13.1 Å². The predicted molar refractivity (Wildman–Crippen MR) is 136 cm³/mol. The Morgan fingerprint density at radius 3 is 2.63 bits per heavy atom. The zero-order chi connectivity index (χ0) is 25.2. The molecule has 0 spiro atoms. The van der Waals surface area contributed by atoms with Crippen LogP contribution in [-0.2, 0) is 14.6 Å². The Morgan fingerprint density at radius 2 is 1.97 bits per heavy atom. The van der Waals surface area contributed by atoms with Gasteiger partial charge in [-0.15, -0.1) is 0 Å². The normalized spacial score (nSPS) is 16.9. The number of ether oxygens (including phenoxy) is 2. The molecule has 0 unspecified atom stereocenters. The van der Waals surface area contributed by atoms with Crippen LogP contribution in [0.4, 0.5) is 5.82 Å². The number of nitrogens with one attached hydrogen (secondary N) is 1. The van der Waals surface area contributed by atoms with Crippen molar-refractivity contribution in [3.63, 3.8) is 0 Å². The third-order valence-electron chi connectivity index (χ3n) is 5.59. The van der Waals surface area contributed by atoms with Gasteiger partial charge in [-0.1, -0.05) is 23.7 Å². The van der Waals surface area contributed by atoms with Crippen LogP contribution in [0.1, 0.15) is 31.9 Å². The number of rotatable bonds is 8. The first-order chi connectivity index (χ1) is 16.6. The molecule has 1 aliphatic rings. The fourth-order valence-electron chi connectivity index (χ4n) is 3.95. The lowest BCUT2D eigenvalue weighted by atomic mass is 10.1. The van der Waals surface area contributed by atoms with Gasteiger partial charge >= 0.3 is 0 Å². The van der Waals surface area contributed by atoms with Crippen LogP contribution in [0.15, 0.2) is 48.5 Å². The zero-order valence-electron chi connectivity index (χ0n) is 19.8. The minimum Gasteiger partial charge on any atom is -0.491 e. The minimum atomic E-state index is -3.15. The van der Waals surface area contributed by atoms with Crippen LogP contribution < -0.4 is 14.8 Å². The summed E-state index contributed by atoms with van der Waals surface area (Å²) >= 11 is 6.09. The van der Waals surface area contributed by atoms with Crippen molar-refractivity contribution in [1.29, 1.82) is 0 Å². The first-order valence-electron chi connectivity index (χ1n) is 11.4. The lowest BCUT2D eigenvalue weighted by Crippen LogP contribution is -2.23. The van der Waals surface area contributed by atoms with E-state index in [4.69, 9.17) is 21.1 Å².